The number of hydrogen-bond acceptors (Lipinski definition) is 4. The Hall–Kier alpha value is -2.49. The monoisotopic (exact) mass is 312 g/mol. The fraction of sp³-hybridized carbons (Fsp3) is 0.316. The molecule has 0 saturated carbocycles. The van der Waals surface area contributed by atoms with Crippen LogP contribution < -0.4 is 14.9 Å². The third-order valence-corrected chi connectivity index (χ3v) is 3.56. The summed E-state index contributed by atoms with van der Waals surface area (Å²) in [5.74, 6) is 1.47. The number of anilines is 1. The van der Waals surface area contributed by atoms with Gasteiger partial charge in [-0.1, -0.05) is 13.0 Å². The van der Waals surface area contributed by atoms with Crippen LogP contribution in [0.2, 0.25) is 0 Å². The molecule has 122 valence electrons. The normalized spacial score (nSPS) is 10.8. The summed E-state index contributed by atoms with van der Waals surface area (Å²) >= 11 is 0. The summed E-state index contributed by atoms with van der Waals surface area (Å²) in [5.41, 5.74) is 7.47. The van der Waals surface area contributed by atoms with Crippen LogP contribution in [-0.4, -0.2) is 19.9 Å². The quantitative estimate of drug-likeness (QED) is 0.602. The van der Waals surface area contributed by atoms with Crippen LogP contribution in [-0.2, 0) is 0 Å². The Morgan fingerprint density at radius 3 is 2.57 bits per heavy atom. The van der Waals surface area contributed by atoms with Crippen LogP contribution in [0.25, 0.3) is 0 Å². The van der Waals surface area contributed by atoms with Gasteiger partial charge >= 0.3 is 0 Å². The molecule has 0 unspecified atom stereocenters. The van der Waals surface area contributed by atoms with Crippen molar-refractivity contribution in [2.75, 3.05) is 19.1 Å². The van der Waals surface area contributed by atoms with E-state index in [-0.39, 0.29) is 0 Å². The first-order valence-corrected chi connectivity index (χ1v) is 7.81. The molecule has 23 heavy (non-hydrogen) atoms. The van der Waals surface area contributed by atoms with Crippen LogP contribution in [0.15, 0.2) is 41.5 Å². The average molecular weight is 312 g/mol. The number of ether oxygens (including phenoxy) is 2. The van der Waals surface area contributed by atoms with Gasteiger partial charge in [0.15, 0.2) is 11.5 Å². The van der Waals surface area contributed by atoms with Crippen LogP contribution >= 0.6 is 0 Å². The van der Waals surface area contributed by atoms with E-state index in [1.54, 1.807) is 13.3 Å². The Balaban J connectivity index is 2.05. The minimum Gasteiger partial charge on any atom is -0.493 e. The predicted molar refractivity (Wildman–Crippen MR) is 95.9 cm³/mol. The summed E-state index contributed by atoms with van der Waals surface area (Å²) in [6.45, 7) is 6.94. The van der Waals surface area contributed by atoms with Gasteiger partial charge in [0.25, 0.3) is 0 Å². The molecule has 0 amide bonds. The molecular formula is C19H24N2O2. The molecule has 0 atom stereocenters. The summed E-state index contributed by atoms with van der Waals surface area (Å²) in [6, 6.07) is 12.0. The molecule has 4 nitrogen and oxygen atoms in total. The van der Waals surface area contributed by atoms with Gasteiger partial charge in [-0.05, 0) is 67.3 Å². The van der Waals surface area contributed by atoms with Gasteiger partial charge in [-0.2, -0.15) is 5.10 Å². The van der Waals surface area contributed by atoms with E-state index in [1.807, 2.05) is 24.3 Å². The summed E-state index contributed by atoms with van der Waals surface area (Å²) < 4.78 is 11.0. The number of aryl methyl sites for hydroxylation is 2. The maximum atomic E-state index is 5.65. The van der Waals surface area contributed by atoms with Crippen molar-refractivity contribution >= 4 is 11.9 Å². The molecule has 0 saturated heterocycles. The minimum atomic E-state index is 0.679. The number of hydrogen-bond donors (Lipinski definition) is 1. The van der Waals surface area contributed by atoms with E-state index >= 15 is 0 Å². The first-order valence-electron chi connectivity index (χ1n) is 7.81. The molecule has 1 N–H and O–H groups in total. The zero-order chi connectivity index (χ0) is 16.7. The maximum absolute atomic E-state index is 5.65. The van der Waals surface area contributed by atoms with Gasteiger partial charge in [-0.25, -0.2) is 0 Å². The second-order valence-electron chi connectivity index (χ2n) is 5.43. The number of methoxy groups -OCH3 is 1. The number of nitrogens with one attached hydrogen (secondary N) is 1. The van der Waals surface area contributed by atoms with Crippen LogP contribution in [0.1, 0.15) is 30.0 Å². The number of benzene rings is 2. The van der Waals surface area contributed by atoms with Crippen molar-refractivity contribution in [1.82, 2.24) is 0 Å². The van der Waals surface area contributed by atoms with Crippen LogP contribution in [0.4, 0.5) is 5.69 Å². The Kier molecular flexibility index (Phi) is 6.03. The highest BCUT2D eigenvalue weighted by Crippen LogP contribution is 2.27. The van der Waals surface area contributed by atoms with Crippen molar-refractivity contribution in [2.45, 2.75) is 27.2 Å². The SMILES string of the molecule is CCCOc1ccc(/C=N/Nc2ccc(C)c(C)c2)cc1OC. The Morgan fingerprint density at radius 2 is 1.87 bits per heavy atom. The molecular weight excluding hydrogens is 288 g/mol. The molecule has 0 heterocycles. The first kappa shape index (κ1) is 16.9. The van der Waals surface area contributed by atoms with E-state index in [2.05, 4.69) is 43.4 Å². The lowest BCUT2D eigenvalue weighted by atomic mass is 10.1. The summed E-state index contributed by atoms with van der Waals surface area (Å²) in [7, 11) is 1.64. The fourth-order valence-corrected chi connectivity index (χ4v) is 2.09. The summed E-state index contributed by atoms with van der Waals surface area (Å²) in [6.07, 6.45) is 2.73. The predicted octanol–water partition coefficient (Wildman–Crippen LogP) is 4.55. The molecule has 0 fully saturated rings. The standard InChI is InChI=1S/C19H24N2O2/c1-5-10-23-18-9-7-16(12-19(18)22-4)13-20-21-17-8-6-14(2)15(3)11-17/h6-9,11-13,21H,5,10H2,1-4H3/b20-13+. The van der Waals surface area contributed by atoms with Gasteiger partial charge in [-0.3, -0.25) is 5.43 Å². The number of nitrogens with zero attached hydrogens (tertiary/aromatic N) is 1. The maximum Gasteiger partial charge on any atom is 0.161 e. The van der Waals surface area contributed by atoms with E-state index in [0.29, 0.717) is 12.4 Å². The van der Waals surface area contributed by atoms with Crippen LogP contribution in [0.3, 0.4) is 0 Å². The summed E-state index contributed by atoms with van der Waals surface area (Å²) in [5, 5.41) is 4.28. The molecule has 0 radical (unpaired) electrons. The smallest absolute Gasteiger partial charge is 0.161 e. The second kappa shape index (κ2) is 8.22. The van der Waals surface area contributed by atoms with Crippen molar-refractivity contribution in [2.24, 2.45) is 5.10 Å². The highest BCUT2D eigenvalue weighted by Gasteiger charge is 2.04. The molecule has 2 rings (SSSR count). The number of rotatable bonds is 7. The molecule has 0 bridgehead atoms. The van der Waals surface area contributed by atoms with Crippen molar-refractivity contribution in [3.05, 3.63) is 53.1 Å². The van der Waals surface area contributed by atoms with E-state index in [0.717, 1.165) is 23.4 Å². The molecule has 4 heteroatoms. The Morgan fingerprint density at radius 1 is 1.04 bits per heavy atom. The lowest BCUT2D eigenvalue weighted by Crippen LogP contribution is -1.98. The Bertz CT molecular complexity index is 681. The van der Waals surface area contributed by atoms with Crippen LogP contribution in [0.5, 0.6) is 11.5 Å². The minimum absolute atomic E-state index is 0.679. The van der Waals surface area contributed by atoms with Gasteiger partial charge in [0, 0.05) is 0 Å². The van der Waals surface area contributed by atoms with Crippen molar-refractivity contribution in [3.8, 4) is 11.5 Å². The van der Waals surface area contributed by atoms with E-state index < -0.39 is 0 Å². The molecule has 0 aliphatic carbocycles. The van der Waals surface area contributed by atoms with E-state index in [4.69, 9.17) is 9.47 Å². The largest absolute Gasteiger partial charge is 0.493 e. The van der Waals surface area contributed by atoms with Crippen molar-refractivity contribution in [1.29, 1.82) is 0 Å². The second-order valence-corrected chi connectivity index (χ2v) is 5.43. The molecule has 2 aromatic carbocycles. The van der Waals surface area contributed by atoms with Gasteiger partial charge in [0.2, 0.25) is 0 Å². The van der Waals surface area contributed by atoms with Crippen LogP contribution in [0, 0.1) is 13.8 Å². The van der Waals surface area contributed by atoms with Crippen molar-refractivity contribution < 1.29 is 9.47 Å². The van der Waals surface area contributed by atoms with E-state index in [9.17, 15) is 0 Å². The number of hydrazone groups is 1. The molecule has 0 spiro atoms. The third-order valence-electron chi connectivity index (χ3n) is 3.56. The first-order chi connectivity index (χ1) is 11.1. The molecule has 0 aliphatic heterocycles. The van der Waals surface area contributed by atoms with E-state index in [1.165, 1.54) is 11.1 Å². The van der Waals surface area contributed by atoms with Gasteiger partial charge < -0.3 is 9.47 Å². The van der Waals surface area contributed by atoms with Gasteiger partial charge in [0.05, 0.1) is 25.6 Å². The van der Waals surface area contributed by atoms with Gasteiger partial charge in [0.1, 0.15) is 0 Å². The van der Waals surface area contributed by atoms with Gasteiger partial charge in [-0.15, -0.1) is 0 Å². The highest BCUT2D eigenvalue weighted by atomic mass is 16.5. The van der Waals surface area contributed by atoms with Crippen molar-refractivity contribution in [3.63, 3.8) is 0 Å². The highest BCUT2D eigenvalue weighted by molar-refractivity contribution is 5.81. The lowest BCUT2D eigenvalue weighted by molar-refractivity contribution is 0.294. The topological polar surface area (TPSA) is 42.8 Å². The Labute approximate surface area is 138 Å². The zero-order valence-corrected chi connectivity index (χ0v) is 14.2. The summed E-state index contributed by atoms with van der Waals surface area (Å²) in [4.78, 5) is 0. The molecule has 0 aromatic heterocycles. The lowest BCUT2D eigenvalue weighted by Gasteiger charge is -2.10. The molecule has 2 aromatic rings. The molecule has 0 aliphatic rings. The average Bonchev–Trinajstić information content (AvgIpc) is 2.56. The zero-order valence-electron chi connectivity index (χ0n) is 14.2. The third kappa shape index (κ3) is 4.74. The fourth-order valence-electron chi connectivity index (χ4n) is 2.09.